The molecule has 0 fully saturated rings. The Hall–Kier alpha value is -1.12. The highest BCUT2D eigenvalue weighted by molar-refractivity contribution is 5.50. The van der Waals surface area contributed by atoms with Gasteiger partial charge in [-0.15, -0.1) is 0 Å². The fourth-order valence-corrected chi connectivity index (χ4v) is 0.719. The summed E-state index contributed by atoms with van der Waals surface area (Å²) < 4.78 is 1.27. The second-order valence-corrected chi connectivity index (χ2v) is 2.48. The van der Waals surface area contributed by atoms with Gasteiger partial charge in [0.2, 0.25) is 6.41 Å². The topological polar surface area (TPSA) is 34.9 Å². The first-order valence-electron chi connectivity index (χ1n) is 3.24. The van der Waals surface area contributed by atoms with Gasteiger partial charge in [0, 0.05) is 6.20 Å². The van der Waals surface area contributed by atoms with Crippen LogP contribution in [0.4, 0.5) is 0 Å². The smallest absolute Gasteiger partial charge is 0.234 e. The second kappa shape index (κ2) is 2.64. The average molecular weight is 138 g/mol. The Labute approximate surface area is 59.7 Å². The van der Waals surface area contributed by atoms with Crippen LogP contribution in [0.2, 0.25) is 0 Å². The molecule has 1 heterocycles. The number of carbonyl (C=O) groups is 1. The molecule has 1 aromatic heterocycles. The van der Waals surface area contributed by atoms with Crippen LogP contribution < -0.4 is 0 Å². The third kappa shape index (κ3) is 1.23. The molecule has 0 atom stereocenters. The maximum atomic E-state index is 10.1. The minimum atomic E-state index is 0.390. The Morgan fingerprint density at radius 1 is 1.70 bits per heavy atom. The molecule has 0 saturated heterocycles. The number of aromatic nitrogens is 2. The predicted molar refractivity (Wildman–Crippen MR) is 38.5 cm³/mol. The number of hydrogen-bond acceptors (Lipinski definition) is 2. The minimum Gasteiger partial charge on any atom is -0.276 e. The van der Waals surface area contributed by atoms with Crippen LogP contribution in [0.5, 0.6) is 0 Å². The first kappa shape index (κ1) is 6.99. The summed E-state index contributed by atoms with van der Waals surface area (Å²) in [6, 6.07) is 1.85. The van der Waals surface area contributed by atoms with Gasteiger partial charge in [-0.05, 0) is 12.0 Å². The summed E-state index contributed by atoms with van der Waals surface area (Å²) in [4.78, 5) is 10.1. The number of nitrogens with zero attached hydrogens (tertiary/aromatic N) is 2. The minimum absolute atomic E-state index is 0.390. The molecule has 1 rings (SSSR count). The van der Waals surface area contributed by atoms with Crippen molar-refractivity contribution in [3.8, 4) is 0 Å². The van der Waals surface area contributed by atoms with Gasteiger partial charge < -0.3 is 0 Å². The van der Waals surface area contributed by atoms with Crippen LogP contribution in [0, 0.1) is 0 Å². The molecular formula is C7H10N2O. The van der Waals surface area contributed by atoms with E-state index in [0.29, 0.717) is 12.3 Å². The van der Waals surface area contributed by atoms with E-state index in [1.807, 2.05) is 19.9 Å². The van der Waals surface area contributed by atoms with Crippen molar-refractivity contribution in [2.24, 2.45) is 0 Å². The molecule has 0 N–H and O–H groups in total. The molecule has 3 heteroatoms. The molecule has 0 bridgehead atoms. The lowest BCUT2D eigenvalue weighted by molar-refractivity contribution is 0.539. The Bertz CT molecular complexity index is 227. The summed E-state index contributed by atoms with van der Waals surface area (Å²) in [6.07, 6.45) is 2.34. The van der Waals surface area contributed by atoms with Gasteiger partial charge in [-0.25, -0.2) is 4.68 Å². The molecule has 0 aliphatic rings. The standard InChI is InChI=1S/C7H10N2O/c1-6(2)7-3-4-9(5-10)8-7/h3-6H,1-2H3. The van der Waals surface area contributed by atoms with E-state index in [1.165, 1.54) is 4.68 Å². The lowest BCUT2D eigenvalue weighted by Crippen LogP contribution is -1.96. The van der Waals surface area contributed by atoms with Crippen molar-refractivity contribution in [1.82, 2.24) is 9.78 Å². The van der Waals surface area contributed by atoms with Crippen LogP contribution in [0.1, 0.15) is 25.5 Å². The van der Waals surface area contributed by atoms with Crippen molar-refractivity contribution in [1.29, 1.82) is 0 Å². The van der Waals surface area contributed by atoms with Crippen molar-refractivity contribution < 1.29 is 4.79 Å². The summed E-state index contributed by atoms with van der Waals surface area (Å²) in [5.74, 6) is 0.390. The van der Waals surface area contributed by atoms with E-state index < -0.39 is 0 Å². The Morgan fingerprint density at radius 3 is 2.70 bits per heavy atom. The molecule has 1 aromatic rings. The van der Waals surface area contributed by atoms with Crippen LogP contribution in [0.15, 0.2) is 12.3 Å². The van der Waals surface area contributed by atoms with E-state index in [2.05, 4.69) is 5.10 Å². The molecule has 0 aliphatic heterocycles. The van der Waals surface area contributed by atoms with Gasteiger partial charge >= 0.3 is 0 Å². The predicted octanol–water partition coefficient (Wildman–Crippen LogP) is 1.04. The molecule has 0 saturated carbocycles. The lowest BCUT2D eigenvalue weighted by atomic mass is 10.1. The van der Waals surface area contributed by atoms with Gasteiger partial charge in [0.05, 0.1) is 5.69 Å². The molecule has 0 radical (unpaired) electrons. The van der Waals surface area contributed by atoms with Crippen LogP contribution >= 0.6 is 0 Å². The van der Waals surface area contributed by atoms with Gasteiger partial charge in [-0.3, -0.25) is 4.79 Å². The van der Waals surface area contributed by atoms with Crippen LogP contribution in [-0.2, 0) is 4.79 Å². The lowest BCUT2D eigenvalue weighted by Gasteiger charge is -1.95. The van der Waals surface area contributed by atoms with Crippen molar-refractivity contribution in [2.75, 3.05) is 0 Å². The highest BCUT2D eigenvalue weighted by Gasteiger charge is 2.01. The summed E-state index contributed by atoms with van der Waals surface area (Å²) in [5.41, 5.74) is 0.951. The number of carbonyl (C=O) groups excluding carboxylic acids is 1. The van der Waals surface area contributed by atoms with Crippen molar-refractivity contribution in [2.45, 2.75) is 19.8 Å². The maximum Gasteiger partial charge on any atom is 0.234 e. The average Bonchev–Trinajstić information content (AvgIpc) is 2.34. The molecule has 54 valence electrons. The van der Waals surface area contributed by atoms with Crippen molar-refractivity contribution in [3.63, 3.8) is 0 Å². The molecule has 10 heavy (non-hydrogen) atoms. The van der Waals surface area contributed by atoms with E-state index in [4.69, 9.17) is 0 Å². The van der Waals surface area contributed by atoms with Crippen LogP contribution in [-0.4, -0.2) is 16.2 Å². The second-order valence-electron chi connectivity index (χ2n) is 2.48. The largest absolute Gasteiger partial charge is 0.276 e. The monoisotopic (exact) mass is 138 g/mol. The molecule has 3 nitrogen and oxygen atoms in total. The zero-order chi connectivity index (χ0) is 7.56. The fourth-order valence-electron chi connectivity index (χ4n) is 0.719. The Balaban J connectivity index is 2.88. The number of rotatable bonds is 2. The van der Waals surface area contributed by atoms with Crippen LogP contribution in [0.3, 0.4) is 0 Å². The van der Waals surface area contributed by atoms with E-state index in [0.717, 1.165) is 5.69 Å². The molecule has 0 unspecified atom stereocenters. The van der Waals surface area contributed by atoms with Gasteiger partial charge in [-0.2, -0.15) is 5.10 Å². The third-order valence-corrected chi connectivity index (χ3v) is 1.33. The summed E-state index contributed by atoms with van der Waals surface area (Å²) in [5, 5.41) is 3.98. The fraction of sp³-hybridized carbons (Fsp3) is 0.429. The van der Waals surface area contributed by atoms with Gasteiger partial charge in [0.25, 0.3) is 0 Å². The normalized spacial score (nSPS) is 10.3. The van der Waals surface area contributed by atoms with Crippen molar-refractivity contribution in [3.05, 3.63) is 18.0 Å². The number of hydrogen-bond donors (Lipinski definition) is 0. The quantitative estimate of drug-likeness (QED) is 0.572. The third-order valence-electron chi connectivity index (χ3n) is 1.33. The van der Waals surface area contributed by atoms with Crippen molar-refractivity contribution >= 4 is 6.41 Å². The highest BCUT2D eigenvalue weighted by atomic mass is 16.1. The van der Waals surface area contributed by atoms with E-state index in [1.54, 1.807) is 6.20 Å². The van der Waals surface area contributed by atoms with Crippen LogP contribution in [0.25, 0.3) is 0 Å². The summed E-state index contributed by atoms with van der Waals surface area (Å²) >= 11 is 0. The molecule has 0 amide bonds. The van der Waals surface area contributed by atoms with Gasteiger partial charge in [0.1, 0.15) is 0 Å². The zero-order valence-corrected chi connectivity index (χ0v) is 6.11. The Kier molecular flexibility index (Phi) is 1.85. The molecular weight excluding hydrogens is 128 g/mol. The molecule has 0 spiro atoms. The van der Waals surface area contributed by atoms with E-state index >= 15 is 0 Å². The summed E-state index contributed by atoms with van der Waals surface area (Å²) in [6.45, 7) is 4.08. The molecule has 0 aromatic carbocycles. The first-order valence-corrected chi connectivity index (χ1v) is 3.24. The van der Waals surface area contributed by atoms with E-state index in [9.17, 15) is 4.79 Å². The SMILES string of the molecule is CC(C)c1ccn(C=O)n1. The van der Waals surface area contributed by atoms with Gasteiger partial charge in [-0.1, -0.05) is 13.8 Å². The van der Waals surface area contributed by atoms with E-state index in [-0.39, 0.29) is 0 Å². The Morgan fingerprint density at radius 2 is 2.40 bits per heavy atom. The highest BCUT2D eigenvalue weighted by Crippen LogP contribution is 2.09. The first-order chi connectivity index (χ1) is 4.74. The van der Waals surface area contributed by atoms with Gasteiger partial charge in [0.15, 0.2) is 0 Å². The zero-order valence-electron chi connectivity index (χ0n) is 6.11. The summed E-state index contributed by atoms with van der Waals surface area (Å²) in [7, 11) is 0. The maximum absolute atomic E-state index is 10.1. The molecule has 0 aliphatic carbocycles.